The van der Waals surface area contributed by atoms with Gasteiger partial charge in [-0.15, -0.1) is 12.4 Å². The van der Waals surface area contributed by atoms with Crippen molar-refractivity contribution in [2.45, 2.75) is 31.8 Å². The minimum atomic E-state index is -0.272. The smallest absolute Gasteiger partial charge is 0.147 e. The van der Waals surface area contributed by atoms with Crippen LogP contribution in [0.5, 0.6) is 0 Å². The molecule has 5 rings (SSSR count). The molecule has 0 spiro atoms. The average Bonchev–Trinajstić information content (AvgIpc) is 3.14. The van der Waals surface area contributed by atoms with Crippen LogP contribution in [-0.2, 0) is 19.4 Å². The van der Waals surface area contributed by atoms with Crippen molar-refractivity contribution in [1.29, 1.82) is 0 Å². The Kier molecular flexibility index (Phi) is 5.89. The van der Waals surface area contributed by atoms with Crippen LogP contribution in [0.3, 0.4) is 0 Å². The van der Waals surface area contributed by atoms with Gasteiger partial charge >= 0.3 is 0 Å². The van der Waals surface area contributed by atoms with E-state index in [1.54, 1.807) is 18.2 Å². The van der Waals surface area contributed by atoms with E-state index in [0.717, 1.165) is 47.0 Å². The molecular weight excluding hydrogens is 402 g/mol. The summed E-state index contributed by atoms with van der Waals surface area (Å²) in [6.45, 7) is 0.701. The Bertz CT molecular complexity index is 1150. The highest BCUT2D eigenvalue weighted by molar-refractivity contribution is 5.99. The van der Waals surface area contributed by atoms with Gasteiger partial charge in [-0.05, 0) is 53.3 Å². The molecule has 154 valence electrons. The van der Waals surface area contributed by atoms with Crippen molar-refractivity contribution in [2.24, 2.45) is 0 Å². The van der Waals surface area contributed by atoms with Crippen LogP contribution in [0, 0.1) is 11.6 Å². The maximum atomic E-state index is 14.6. The number of fused-ring (bicyclic) bond motifs is 3. The number of nitrogens with one attached hydrogen (secondary N) is 2. The average molecular weight is 425 g/mol. The van der Waals surface area contributed by atoms with Crippen molar-refractivity contribution in [3.05, 3.63) is 95.2 Å². The molecular formula is C25H23ClF2N2. The molecule has 0 aliphatic carbocycles. The molecule has 5 heteroatoms. The molecule has 1 unspecified atom stereocenters. The van der Waals surface area contributed by atoms with E-state index in [0.29, 0.717) is 18.1 Å². The van der Waals surface area contributed by atoms with Crippen molar-refractivity contribution in [3.63, 3.8) is 0 Å². The summed E-state index contributed by atoms with van der Waals surface area (Å²) >= 11 is 0. The zero-order valence-corrected chi connectivity index (χ0v) is 17.2. The minimum absolute atomic E-state index is 0. The van der Waals surface area contributed by atoms with E-state index in [4.69, 9.17) is 0 Å². The predicted molar refractivity (Wildman–Crippen MR) is 120 cm³/mol. The van der Waals surface area contributed by atoms with Crippen LogP contribution in [0.1, 0.15) is 23.2 Å². The first kappa shape index (κ1) is 20.6. The Morgan fingerprint density at radius 1 is 0.900 bits per heavy atom. The Balaban J connectivity index is 0.00000218. The van der Waals surface area contributed by atoms with Crippen LogP contribution in [0.4, 0.5) is 8.78 Å². The molecule has 4 aromatic rings. The molecule has 0 amide bonds. The Morgan fingerprint density at radius 3 is 2.43 bits per heavy atom. The van der Waals surface area contributed by atoms with Gasteiger partial charge in [-0.2, -0.15) is 0 Å². The lowest BCUT2D eigenvalue weighted by molar-refractivity contribution is 0.450. The first-order valence-corrected chi connectivity index (χ1v) is 10.0. The number of aromatic amines is 1. The number of H-pyrrole nitrogens is 1. The quantitative estimate of drug-likeness (QED) is 0.402. The number of halogens is 3. The zero-order valence-electron chi connectivity index (χ0n) is 16.4. The lowest BCUT2D eigenvalue weighted by Gasteiger charge is -2.24. The van der Waals surface area contributed by atoms with Crippen LogP contribution in [-0.4, -0.2) is 11.0 Å². The van der Waals surface area contributed by atoms with Gasteiger partial charge in [0.2, 0.25) is 0 Å². The molecule has 30 heavy (non-hydrogen) atoms. The summed E-state index contributed by atoms with van der Waals surface area (Å²) in [6.07, 6.45) is 2.90. The van der Waals surface area contributed by atoms with Crippen LogP contribution < -0.4 is 5.32 Å². The van der Waals surface area contributed by atoms with E-state index in [9.17, 15) is 8.78 Å². The molecule has 0 fully saturated rings. The van der Waals surface area contributed by atoms with Gasteiger partial charge in [-0.25, -0.2) is 8.78 Å². The van der Waals surface area contributed by atoms with Gasteiger partial charge in [0.25, 0.3) is 0 Å². The second-order valence-electron chi connectivity index (χ2n) is 7.74. The van der Waals surface area contributed by atoms with Gasteiger partial charge in [0.15, 0.2) is 0 Å². The fourth-order valence-corrected chi connectivity index (χ4v) is 4.38. The van der Waals surface area contributed by atoms with Gasteiger partial charge in [0, 0.05) is 30.1 Å². The highest BCUT2D eigenvalue weighted by atomic mass is 35.5. The van der Waals surface area contributed by atoms with Crippen molar-refractivity contribution in [1.82, 2.24) is 10.3 Å². The van der Waals surface area contributed by atoms with E-state index in [1.165, 1.54) is 23.8 Å². The summed E-state index contributed by atoms with van der Waals surface area (Å²) in [4.78, 5) is 3.34. The molecule has 0 bridgehead atoms. The standard InChI is InChI=1S/C25H22F2N2.ClH/c26-18-9-7-17(8-10-18)20-12-13-22(27)25-24(20)21-15-28-19(14-23(21)29-25)11-6-16-4-2-1-3-5-16;/h1-5,7-10,12-13,19,28-29H,6,11,14-15H2;1H. The van der Waals surface area contributed by atoms with E-state index in [-0.39, 0.29) is 24.0 Å². The van der Waals surface area contributed by atoms with E-state index >= 15 is 0 Å². The van der Waals surface area contributed by atoms with Crippen molar-refractivity contribution < 1.29 is 8.78 Å². The van der Waals surface area contributed by atoms with Gasteiger partial charge in [-0.1, -0.05) is 48.5 Å². The molecule has 2 N–H and O–H groups in total. The molecule has 1 aromatic heterocycles. The molecule has 2 nitrogen and oxygen atoms in total. The Labute approximate surface area is 180 Å². The molecule has 0 saturated carbocycles. The summed E-state index contributed by atoms with van der Waals surface area (Å²) in [6, 6.07) is 20.5. The lowest BCUT2D eigenvalue weighted by atomic mass is 9.93. The fraction of sp³-hybridized carbons (Fsp3) is 0.200. The zero-order chi connectivity index (χ0) is 19.8. The second-order valence-corrected chi connectivity index (χ2v) is 7.74. The van der Waals surface area contributed by atoms with E-state index < -0.39 is 0 Å². The van der Waals surface area contributed by atoms with Crippen molar-refractivity contribution >= 4 is 23.3 Å². The molecule has 3 aromatic carbocycles. The fourth-order valence-electron chi connectivity index (χ4n) is 4.38. The monoisotopic (exact) mass is 424 g/mol. The number of benzene rings is 3. The Hall–Kier alpha value is -2.69. The largest absolute Gasteiger partial charge is 0.356 e. The van der Waals surface area contributed by atoms with Gasteiger partial charge in [0.1, 0.15) is 11.6 Å². The first-order valence-electron chi connectivity index (χ1n) is 10.0. The van der Waals surface area contributed by atoms with Gasteiger partial charge in [-0.3, -0.25) is 0 Å². The van der Waals surface area contributed by atoms with Crippen LogP contribution >= 0.6 is 12.4 Å². The topological polar surface area (TPSA) is 27.8 Å². The number of hydrogen-bond donors (Lipinski definition) is 2. The summed E-state index contributed by atoms with van der Waals surface area (Å²) < 4.78 is 27.9. The number of hydrogen-bond acceptors (Lipinski definition) is 1. The highest BCUT2D eigenvalue weighted by Gasteiger charge is 2.24. The van der Waals surface area contributed by atoms with Crippen molar-refractivity contribution in [3.8, 4) is 11.1 Å². The summed E-state index contributed by atoms with van der Waals surface area (Å²) in [5, 5.41) is 4.53. The molecule has 1 aliphatic heterocycles. The predicted octanol–water partition coefficient (Wildman–Crippen LogP) is 6.18. The summed E-state index contributed by atoms with van der Waals surface area (Å²) in [5.41, 5.74) is 5.93. The van der Waals surface area contributed by atoms with Gasteiger partial charge < -0.3 is 10.3 Å². The highest BCUT2D eigenvalue weighted by Crippen LogP contribution is 2.36. The maximum absolute atomic E-state index is 14.6. The number of aryl methyl sites for hydroxylation is 1. The maximum Gasteiger partial charge on any atom is 0.147 e. The SMILES string of the molecule is Cl.Fc1ccc(-c2ccc(F)c3[nH]c4c(c23)CNC(CCc2ccccc2)C4)cc1. The van der Waals surface area contributed by atoms with Crippen LogP contribution in [0.2, 0.25) is 0 Å². The van der Waals surface area contributed by atoms with Gasteiger partial charge in [0.05, 0.1) is 5.52 Å². The van der Waals surface area contributed by atoms with E-state index in [2.05, 4.69) is 34.6 Å². The normalized spacial score (nSPS) is 15.6. The van der Waals surface area contributed by atoms with Crippen LogP contribution in [0.25, 0.3) is 22.0 Å². The molecule has 1 atom stereocenters. The number of rotatable bonds is 4. The molecule has 2 heterocycles. The van der Waals surface area contributed by atoms with Crippen LogP contribution in [0.15, 0.2) is 66.7 Å². The summed E-state index contributed by atoms with van der Waals surface area (Å²) in [5.74, 6) is -0.521. The third kappa shape index (κ3) is 3.85. The number of aromatic nitrogens is 1. The first-order chi connectivity index (χ1) is 14.2. The summed E-state index contributed by atoms with van der Waals surface area (Å²) in [7, 11) is 0. The minimum Gasteiger partial charge on any atom is -0.356 e. The lowest BCUT2D eigenvalue weighted by Crippen LogP contribution is -2.35. The van der Waals surface area contributed by atoms with E-state index in [1.807, 2.05) is 6.07 Å². The second kappa shape index (κ2) is 8.58. The van der Waals surface area contributed by atoms with Crippen molar-refractivity contribution in [2.75, 3.05) is 0 Å². The molecule has 0 saturated heterocycles. The Morgan fingerprint density at radius 2 is 1.67 bits per heavy atom. The molecule has 1 aliphatic rings. The third-order valence-electron chi connectivity index (χ3n) is 5.89. The third-order valence-corrected chi connectivity index (χ3v) is 5.89. The molecule has 0 radical (unpaired) electrons.